The molecule has 0 aromatic heterocycles. The average molecular weight is 362 g/mol. The second kappa shape index (κ2) is 6.15. The van der Waals surface area contributed by atoms with E-state index in [0.29, 0.717) is 10.0 Å². The molecular weight excluding hydrogens is 350 g/mol. The number of alkyl halides is 3. The molecule has 0 saturated carbocycles. The Morgan fingerprint density at radius 3 is 2.33 bits per heavy atom. The van der Waals surface area contributed by atoms with Crippen LogP contribution in [0.3, 0.4) is 0 Å². The monoisotopic (exact) mass is 361 g/mol. The Morgan fingerprint density at radius 1 is 1.05 bits per heavy atom. The number of hydrogen-bond donors (Lipinski definition) is 1. The third-order valence-corrected chi connectivity index (χ3v) is 3.86. The van der Waals surface area contributed by atoms with Crippen LogP contribution in [-0.2, 0) is 6.18 Å². The van der Waals surface area contributed by atoms with Crippen molar-refractivity contribution in [2.75, 3.05) is 7.05 Å². The molecule has 1 N–H and O–H groups in total. The van der Waals surface area contributed by atoms with Crippen molar-refractivity contribution >= 4 is 15.9 Å². The van der Waals surface area contributed by atoms with Gasteiger partial charge in [0, 0.05) is 4.47 Å². The first-order valence-corrected chi connectivity index (χ1v) is 6.92. The topological polar surface area (TPSA) is 12.0 Å². The molecule has 0 aliphatic rings. The van der Waals surface area contributed by atoms with E-state index in [1.807, 2.05) is 0 Å². The maximum absolute atomic E-state index is 13.4. The summed E-state index contributed by atoms with van der Waals surface area (Å²) < 4.78 is 53.3. The van der Waals surface area contributed by atoms with Gasteiger partial charge in [-0.2, -0.15) is 13.2 Å². The van der Waals surface area contributed by atoms with E-state index in [-0.39, 0.29) is 5.56 Å². The van der Waals surface area contributed by atoms with E-state index >= 15 is 0 Å². The molecule has 1 unspecified atom stereocenters. The fourth-order valence-electron chi connectivity index (χ4n) is 2.22. The second-order valence-corrected chi connectivity index (χ2v) is 5.33. The molecule has 0 heterocycles. The zero-order valence-electron chi connectivity index (χ0n) is 11.0. The maximum atomic E-state index is 13.4. The summed E-state index contributed by atoms with van der Waals surface area (Å²) in [5.74, 6) is -0.502. The molecule has 2 rings (SSSR count). The molecule has 0 radical (unpaired) electrons. The lowest BCUT2D eigenvalue weighted by atomic mass is 9.94. The minimum Gasteiger partial charge on any atom is -0.309 e. The lowest BCUT2D eigenvalue weighted by molar-refractivity contribution is -0.138. The second-order valence-electron chi connectivity index (χ2n) is 4.47. The quantitative estimate of drug-likeness (QED) is 0.765. The molecule has 0 fully saturated rings. The predicted octanol–water partition coefficient (Wildman–Crippen LogP) is 4.92. The van der Waals surface area contributed by atoms with Crippen molar-refractivity contribution in [2.45, 2.75) is 12.2 Å². The third kappa shape index (κ3) is 3.44. The van der Waals surface area contributed by atoms with E-state index in [4.69, 9.17) is 0 Å². The molecule has 0 saturated heterocycles. The van der Waals surface area contributed by atoms with Gasteiger partial charge in [-0.3, -0.25) is 0 Å². The van der Waals surface area contributed by atoms with Gasteiger partial charge in [0.2, 0.25) is 0 Å². The maximum Gasteiger partial charge on any atom is 0.416 e. The average Bonchev–Trinajstić information content (AvgIpc) is 2.43. The van der Waals surface area contributed by atoms with Crippen molar-refractivity contribution in [3.8, 4) is 0 Å². The van der Waals surface area contributed by atoms with Crippen LogP contribution >= 0.6 is 15.9 Å². The first-order valence-electron chi connectivity index (χ1n) is 6.13. The summed E-state index contributed by atoms with van der Waals surface area (Å²) in [6.45, 7) is 0. The van der Waals surface area contributed by atoms with E-state index in [2.05, 4.69) is 21.2 Å². The molecule has 2 aromatic carbocycles. The first-order chi connectivity index (χ1) is 9.84. The Hall–Kier alpha value is -1.40. The van der Waals surface area contributed by atoms with Crippen LogP contribution in [0.1, 0.15) is 22.7 Å². The molecule has 0 bridgehead atoms. The first kappa shape index (κ1) is 16.0. The number of rotatable bonds is 3. The van der Waals surface area contributed by atoms with Gasteiger partial charge in [-0.1, -0.05) is 34.1 Å². The number of hydrogen-bond acceptors (Lipinski definition) is 1. The summed E-state index contributed by atoms with van der Waals surface area (Å²) in [7, 11) is 1.54. The van der Waals surface area contributed by atoms with Gasteiger partial charge in [-0.05, 0) is 42.4 Å². The van der Waals surface area contributed by atoms with Gasteiger partial charge < -0.3 is 5.32 Å². The number of nitrogens with one attached hydrogen (secondary N) is 1. The zero-order valence-corrected chi connectivity index (χ0v) is 12.6. The standard InChI is InChI=1S/C15H12BrF4N/c1-21-14(11-8-9(17)6-7-13(11)16)10-4-2-3-5-12(10)15(18,19)20/h2-8,14,21H,1H3. The fraction of sp³-hybridized carbons (Fsp3) is 0.200. The highest BCUT2D eigenvalue weighted by Crippen LogP contribution is 2.38. The van der Waals surface area contributed by atoms with Crippen molar-refractivity contribution in [3.05, 3.63) is 69.4 Å². The summed E-state index contributed by atoms with van der Waals surface area (Å²) in [6, 6.07) is 8.45. The van der Waals surface area contributed by atoms with E-state index in [0.717, 1.165) is 6.07 Å². The van der Waals surface area contributed by atoms with E-state index < -0.39 is 23.6 Å². The Kier molecular flexibility index (Phi) is 4.68. The molecule has 112 valence electrons. The van der Waals surface area contributed by atoms with Crippen LogP contribution in [0.2, 0.25) is 0 Å². The fourth-order valence-corrected chi connectivity index (χ4v) is 2.70. The lowest BCUT2D eigenvalue weighted by Crippen LogP contribution is -2.22. The van der Waals surface area contributed by atoms with Crippen LogP contribution in [0, 0.1) is 5.82 Å². The zero-order chi connectivity index (χ0) is 15.6. The highest BCUT2D eigenvalue weighted by Gasteiger charge is 2.35. The van der Waals surface area contributed by atoms with Crippen molar-refractivity contribution < 1.29 is 17.6 Å². The van der Waals surface area contributed by atoms with Gasteiger partial charge in [0.25, 0.3) is 0 Å². The minimum atomic E-state index is -4.47. The van der Waals surface area contributed by atoms with Crippen LogP contribution in [0.5, 0.6) is 0 Å². The molecule has 0 aliphatic carbocycles. The summed E-state index contributed by atoms with van der Waals surface area (Å²) >= 11 is 3.26. The van der Waals surface area contributed by atoms with Gasteiger partial charge in [-0.25, -0.2) is 4.39 Å². The van der Waals surface area contributed by atoms with Crippen LogP contribution < -0.4 is 5.32 Å². The molecular formula is C15H12BrF4N. The third-order valence-electron chi connectivity index (χ3n) is 3.13. The minimum absolute atomic E-state index is 0.0544. The van der Waals surface area contributed by atoms with Gasteiger partial charge in [0.15, 0.2) is 0 Å². The van der Waals surface area contributed by atoms with Gasteiger partial charge in [0.1, 0.15) is 5.82 Å². The highest BCUT2D eigenvalue weighted by atomic mass is 79.9. The van der Waals surface area contributed by atoms with Crippen LogP contribution in [0.4, 0.5) is 17.6 Å². The van der Waals surface area contributed by atoms with Crippen LogP contribution in [0.15, 0.2) is 46.9 Å². The van der Waals surface area contributed by atoms with E-state index in [1.165, 1.54) is 43.4 Å². The molecule has 0 amide bonds. The summed E-state index contributed by atoms with van der Waals surface area (Å²) in [5.41, 5.74) is -0.270. The molecule has 1 nitrogen and oxygen atoms in total. The molecule has 0 aliphatic heterocycles. The SMILES string of the molecule is CNC(c1cc(F)ccc1Br)c1ccccc1C(F)(F)F. The normalized spacial score (nSPS) is 13.2. The Bertz CT molecular complexity index is 640. The smallest absolute Gasteiger partial charge is 0.309 e. The van der Waals surface area contributed by atoms with Gasteiger partial charge >= 0.3 is 6.18 Å². The van der Waals surface area contributed by atoms with E-state index in [1.54, 1.807) is 0 Å². The Labute approximate surface area is 128 Å². The van der Waals surface area contributed by atoms with Crippen molar-refractivity contribution in [1.82, 2.24) is 5.32 Å². The van der Waals surface area contributed by atoms with Crippen LogP contribution in [-0.4, -0.2) is 7.05 Å². The predicted molar refractivity (Wildman–Crippen MR) is 76.4 cm³/mol. The number of benzene rings is 2. The summed E-state index contributed by atoms with van der Waals surface area (Å²) in [4.78, 5) is 0. The molecule has 2 aromatic rings. The Morgan fingerprint density at radius 2 is 1.71 bits per heavy atom. The van der Waals surface area contributed by atoms with E-state index in [9.17, 15) is 17.6 Å². The molecule has 1 atom stereocenters. The van der Waals surface area contributed by atoms with Crippen LogP contribution in [0.25, 0.3) is 0 Å². The molecule has 6 heteroatoms. The molecule has 21 heavy (non-hydrogen) atoms. The summed E-state index contributed by atoms with van der Waals surface area (Å²) in [6.07, 6.45) is -4.47. The van der Waals surface area contributed by atoms with Crippen molar-refractivity contribution in [3.63, 3.8) is 0 Å². The highest BCUT2D eigenvalue weighted by molar-refractivity contribution is 9.10. The van der Waals surface area contributed by atoms with Crippen molar-refractivity contribution in [1.29, 1.82) is 0 Å². The summed E-state index contributed by atoms with van der Waals surface area (Å²) in [5, 5.41) is 2.82. The lowest BCUT2D eigenvalue weighted by Gasteiger charge is -2.22. The largest absolute Gasteiger partial charge is 0.416 e. The number of halogens is 5. The van der Waals surface area contributed by atoms with Gasteiger partial charge in [0.05, 0.1) is 11.6 Å². The van der Waals surface area contributed by atoms with Gasteiger partial charge in [-0.15, -0.1) is 0 Å². The Balaban J connectivity index is 2.60. The van der Waals surface area contributed by atoms with Crippen molar-refractivity contribution in [2.24, 2.45) is 0 Å². The molecule has 0 spiro atoms.